The van der Waals surface area contributed by atoms with Crippen LogP contribution < -0.4 is 5.32 Å². The topological polar surface area (TPSA) is 52.7 Å². The van der Waals surface area contributed by atoms with Crippen molar-refractivity contribution in [1.29, 1.82) is 0 Å². The van der Waals surface area contributed by atoms with Crippen molar-refractivity contribution < 1.29 is 18.4 Å². The van der Waals surface area contributed by atoms with Crippen LogP contribution in [0.3, 0.4) is 0 Å². The summed E-state index contributed by atoms with van der Waals surface area (Å²) in [4.78, 5) is 27.5. The minimum atomic E-state index is -0.598. The molecule has 7 heteroatoms. The van der Waals surface area contributed by atoms with Crippen LogP contribution in [0, 0.1) is 11.6 Å². The SMILES string of the molecule is CC(=O)N1CCC(NC(=O)CN(Cc2ccc(F)cc2F)C2CC2)CC1. The first-order chi connectivity index (χ1) is 12.4. The van der Waals surface area contributed by atoms with Gasteiger partial charge < -0.3 is 10.2 Å². The quantitative estimate of drug-likeness (QED) is 0.840. The highest BCUT2D eigenvalue weighted by Crippen LogP contribution is 2.28. The van der Waals surface area contributed by atoms with Gasteiger partial charge in [-0.1, -0.05) is 6.07 Å². The third-order valence-electron chi connectivity index (χ3n) is 5.10. The lowest BCUT2D eigenvalue weighted by Gasteiger charge is -2.32. The van der Waals surface area contributed by atoms with Crippen molar-refractivity contribution in [2.75, 3.05) is 19.6 Å². The van der Waals surface area contributed by atoms with E-state index in [1.165, 1.54) is 12.1 Å². The molecule has 1 N–H and O–H groups in total. The highest BCUT2D eigenvalue weighted by Gasteiger charge is 2.31. The maximum Gasteiger partial charge on any atom is 0.234 e. The number of hydrogen-bond donors (Lipinski definition) is 1. The highest BCUT2D eigenvalue weighted by atomic mass is 19.1. The Bertz CT molecular complexity index is 671. The molecule has 0 aromatic heterocycles. The zero-order valence-electron chi connectivity index (χ0n) is 15.0. The smallest absolute Gasteiger partial charge is 0.234 e. The summed E-state index contributed by atoms with van der Waals surface area (Å²) in [7, 11) is 0. The molecule has 2 aliphatic rings. The monoisotopic (exact) mass is 365 g/mol. The molecular weight excluding hydrogens is 340 g/mol. The summed E-state index contributed by atoms with van der Waals surface area (Å²) in [6, 6.07) is 3.91. The third kappa shape index (κ3) is 5.00. The Morgan fingerprint density at radius 3 is 2.46 bits per heavy atom. The van der Waals surface area contributed by atoms with Crippen molar-refractivity contribution in [3.63, 3.8) is 0 Å². The molecule has 0 radical (unpaired) electrons. The first-order valence-electron chi connectivity index (χ1n) is 9.15. The minimum Gasteiger partial charge on any atom is -0.352 e. The second-order valence-corrected chi connectivity index (χ2v) is 7.22. The number of nitrogens with zero attached hydrogens (tertiary/aromatic N) is 2. The number of hydrogen-bond acceptors (Lipinski definition) is 3. The summed E-state index contributed by atoms with van der Waals surface area (Å²) >= 11 is 0. The van der Waals surface area contributed by atoms with E-state index in [1.54, 1.807) is 11.8 Å². The van der Waals surface area contributed by atoms with E-state index >= 15 is 0 Å². The number of rotatable bonds is 6. The summed E-state index contributed by atoms with van der Waals surface area (Å²) in [6.07, 6.45) is 3.49. The number of benzene rings is 1. The van der Waals surface area contributed by atoms with Gasteiger partial charge in [-0.05, 0) is 31.7 Å². The molecule has 0 spiro atoms. The van der Waals surface area contributed by atoms with E-state index in [2.05, 4.69) is 5.32 Å². The lowest BCUT2D eigenvalue weighted by molar-refractivity contribution is -0.130. The zero-order valence-corrected chi connectivity index (χ0v) is 15.0. The molecular formula is C19H25F2N3O2. The van der Waals surface area contributed by atoms with Gasteiger partial charge in [-0.25, -0.2) is 8.78 Å². The fraction of sp³-hybridized carbons (Fsp3) is 0.579. The molecule has 26 heavy (non-hydrogen) atoms. The molecule has 1 heterocycles. The molecule has 2 amide bonds. The Balaban J connectivity index is 1.52. The number of halogens is 2. The van der Waals surface area contributed by atoms with Crippen LogP contribution in [0.2, 0.25) is 0 Å². The normalized spacial score (nSPS) is 18.2. The number of nitrogens with one attached hydrogen (secondary N) is 1. The molecule has 1 saturated heterocycles. The molecule has 5 nitrogen and oxygen atoms in total. The van der Waals surface area contributed by atoms with Gasteiger partial charge in [0.2, 0.25) is 11.8 Å². The Kier molecular flexibility index (Phi) is 5.86. The van der Waals surface area contributed by atoms with Gasteiger partial charge >= 0.3 is 0 Å². The van der Waals surface area contributed by atoms with Crippen LogP contribution in [-0.2, 0) is 16.1 Å². The van der Waals surface area contributed by atoms with Crippen LogP contribution in [0.25, 0.3) is 0 Å². The van der Waals surface area contributed by atoms with Crippen molar-refractivity contribution in [3.8, 4) is 0 Å². The maximum atomic E-state index is 13.9. The number of piperidine rings is 1. The van der Waals surface area contributed by atoms with E-state index in [0.29, 0.717) is 25.2 Å². The van der Waals surface area contributed by atoms with Gasteiger partial charge in [-0.2, -0.15) is 0 Å². The molecule has 3 rings (SSSR count). The van der Waals surface area contributed by atoms with Gasteiger partial charge in [-0.3, -0.25) is 14.5 Å². The maximum absolute atomic E-state index is 13.9. The number of carbonyl (C=O) groups is 2. The van der Waals surface area contributed by atoms with E-state index in [0.717, 1.165) is 31.7 Å². The van der Waals surface area contributed by atoms with Gasteiger partial charge in [0.25, 0.3) is 0 Å². The molecule has 142 valence electrons. The van der Waals surface area contributed by atoms with E-state index in [4.69, 9.17) is 0 Å². The van der Waals surface area contributed by atoms with Gasteiger partial charge in [-0.15, -0.1) is 0 Å². The van der Waals surface area contributed by atoms with Crippen LogP contribution in [-0.4, -0.2) is 53.3 Å². The Morgan fingerprint density at radius 1 is 1.19 bits per heavy atom. The van der Waals surface area contributed by atoms with Crippen LogP contribution >= 0.6 is 0 Å². The molecule has 0 bridgehead atoms. The second-order valence-electron chi connectivity index (χ2n) is 7.22. The van der Waals surface area contributed by atoms with Crippen molar-refractivity contribution >= 4 is 11.8 Å². The van der Waals surface area contributed by atoms with Crippen molar-refractivity contribution in [1.82, 2.24) is 15.1 Å². The lowest BCUT2D eigenvalue weighted by atomic mass is 10.0. The number of amides is 2. The molecule has 2 fully saturated rings. The van der Waals surface area contributed by atoms with Crippen LogP contribution in [0.1, 0.15) is 38.2 Å². The standard InChI is InChI=1S/C19H25F2N3O2/c1-13(25)23-8-6-16(7-9-23)22-19(26)12-24(17-4-5-17)11-14-2-3-15(20)10-18(14)21/h2-3,10,16-17H,4-9,11-12H2,1H3,(H,22,26). The van der Waals surface area contributed by atoms with E-state index < -0.39 is 11.6 Å². The summed E-state index contributed by atoms with van der Waals surface area (Å²) in [5.41, 5.74) is 0.404. The van der Waals surface area contributed by atoms with Gasteiger partial charge in [0, 0.05) is 50.3 Å². The number of carbonyl (C=O) groups excluding carboxylic acids is 2. The molecule has 1 saturated carbocycles. The van der Waals surface area contributed by atoms with E-state index in [1.807, 2.05) is 4.90 Å². The summed E-state index contributed by atoms with van der Waals surface area (Å²) in [6.45, 7) is 3.38. The summed E-state index contributed by atoms with van der Waals surface area (Å²) in [5.74, 6) is -1.19. The van der Waals surface area contributed by atoms with Gasteiger partial charge in [0.15, 0.2) is 0 Å². The van der Waals surface area contributed by atoms with Crippen LogP contribution in [0.5, 0.6) is 0 Å². The molecule has 1 aliphatic carbocycles. The first kappa shape index (κ1) is 18.8. The molecule has 0 atom stereocenters. The van der Waals surface area contributed by atoms with Gasteiger partial charge in [0.1, 0.15) is 11.6 Å². The van der Waals surface area contributed by atoms with Crippen LogP contribution in [0.4, 0.5) is 8.78 Å². The summed E-state index contributed by atoms with van der Waals surface area (Å²) in [5, 5.41) is 3.03. The second kappa shape index (κ2) is 8.12. The number of likely N-dealkylation sites (tertiary alicyclic amines) is 1. The Hall–Kier alpha value is -2.02. The molecule has 1 aromatic rings. The predicted octanol–water partition coefficient (Wildman–Crippen LogP) is 2.06. The van der Waals surface area contributed by atoms with Crippen molar-refractivity contribution in [2.45, 2.75) is 51.2 Å². The van der Waals surface area contributed by atoms with E-state index in [9.17, 15) is 18.4 Å². The van der Waals surface area contributed by atoms with Crippen LogP contribution in [0.15, 0.2) is 18.2 Å². The average Bonchev–Trinajstić information content (AvgIpc) is 3.42. The summed E-state index contributed by atoms with van der Waals surface area (Å²) < 4.78 is 27.0. The minimum absolute atomic E-state index is 0.0657. The molecule has 1 aliphatic heterocycles. The fourth-order valence-corrected chi connectivity index (χ4v) is 3.42. The van der Waals surface area contributed by atoms with Crippen molar-refractivity contribution in [2.24, 2.45) is 0 Å². The molecule has 1 aromatic carbocycles. The highest BCUT2D eigenvalue weighted by molar-refractivity contribution is 5.78. The fourth-order valence-electron chi connectivity index (χ4n) is 3.42. The van der Waals surface area contributed by atoms with Crippen molar-refractivity contribution in [3.05, 3.63) is 35.4 Å². The Morgan fingerprint density at radius 2 is 1.88 bits per heavy atom. The van der Waals surface area contributed by atoms with Gasteiger partial charge in [0.05, 0.1) is 6.54 Å². The lowest BCUT2D eigenvalue weighted by Crippen LogP contribution is -2.48. The average molecular weight is 365 g/mol. The Labute approximate surface area is 152 Å². The van der Waals surface area contributed by atoms with E-state index in [-0.39, 0.29) is 30.4 Å². The molecule has 0 unspecified atom stereocenters. The third-order valence-corrected chi connectivity index (χ3v) is 5.10. The predicted molar refractivity (Wildman–Crippen MR) is 93.2 cm³/mol. The zero-order chi connectivity index (χ0) is 18.7. The first-order valence-corrected chi connectivity index (χ1v) is 9.15. The largest absolute Gasteiger partial charge is 0.352 e.